The second-order valence-corrected chi connectivity index (χ2v) is 8.14. The van der Waals surface area contributed by atoms with E-state index in [-0.39, 0.29) is 11.9 Å². The van der Waals surface area contributed by atoms with E-state index in [4.69, 9.17) is 0 Å². The number of pyridine rings is 1. The fourth-order valence-electron chi connectivity index (χ4n) is 2.81. The Morgan fingerprint density at radius 1 is 1.00 bits per heavy atom. The van der Waals surface area contributed by atoms with E-state index >= 15 is 0 Å². The van der Waals surface area contributed by atoms with Crippen LogP contribution in [-0.4, -0.2) is 52.0 Å². The molecule has 138 valence electrons. The smallest absolute Gasteiger partial charge is 0.269 e. The molecule has 10 heteroatoms. The summed E-state index contributed by atoms with van der Waals surface area (Å²) >= 11 is 4.51. The number of nitrogens with zero attached hydrogens (tertiary/aromatic N) is 6. The molecule has 1 N–H and O–H groups in total. The Morgan fingerprint density at radius 3 is 2.44 bits per heavy atom. The zero-order valence-corrected chi connectivity index (χ0v) is 16.7. The predicted molar refractivity (Wildman–Crippen MR) is 108 cm³/mol. The van der Waals surface area contributed by atoms with Gasteiger partial charge in [-0.25, -0.2) is 15.0 Å². The van der Waals surface area contributed by atoms with Gasteiger partial charge in [-0.1, -0.05) is 6.07 Å². The number of amides is 1. The summed E-state index contributed by atoms with van der Waals surface area (Å²) in [4.78, 5) is 34.2. The summed E-state index contributed by atoms with van der Waals surface area (Å²) in [6.07, 6.45) is 4.99. The van der Waals surface area contributed by atoms with Crippen molar-refractivity contribution in [2.45, 2.75) is 0 Å². The molecular formula is C17H16BrN7OS. The van der Waals surface area contributed by atoms with Crippen LogP contribution in [0.25, 0.3) is 0 Å². The Labute approximate surface area is 168 Å². The molecule has 0 aromatic carbocycles. The largest absolute Gasteiger partial charge is 0.353 e. The van der Waals surface area contributed by atoms with Crippen LogP contribution in [0.3, 0.4) is 0 Å². The highest BCUT2D eigenvalue weighted by molar-refractivity contribution is 9.11. The van der Waals surface area contributed by atoms with E-state index in [9.17, 15) is 4.79 Å². The van der Waals surface area contributed by atoms with Crippen molar-refractivity contribution >= 4 is 50.8 Å². The van der Waals surface area contributed by atoms with Crippen molar-refractivity contribution in [1.29, 1.82) is 0 Å². The molecule has 0 radical (unpaired) electrons. The minimum absolute atomic E-state index is 0.268. The number of nitrogens with one attached hydrogen (secondary N) is 1. The molecule has 0 spiro atoms. The Morgan fingerprint density at radius 2 is 1.78 bits per heavy atom. The number of piperazine rings is 1. The summed E-state index contributed by atoms with van der Waals surface area (Å²) in [7, 11) is 0. The van der Waals surface area contributed by atoms with Crippen molar-refractivity contribution in [3.8, 4) is 0 Å². The summed E-state index contributed by atoms with van der Waals surface area (Å²) < 4.78 is 0.660. The van der Waals surface area contributed by atoms with Gasteiger partial charge in [-0.15, -0.1) is 11.3 Å². The predicted octanol–water partition coefficient (Wildman–Crippen LogP) is 2.67. The number of aromatic nitrogens is 4. The number of hydrogen-bond donors (Lipinski definition) is 1. The lowest BCUT2D eigenvalue weighted by Crippen LogP contribution is -2.47. The van der Waals surface area contributed by atoms with E-state index in [0.717, 1.165) is 37.8 Å². The van der Waals surface area contributed by atoms with Gasteiger partial charge in [-0.3, -0.25) is 10.1 Å². The maximum absolute atomic E-state index is 12.2. The lowest BCUT2D eigenvalue weighted by Gasteiger charge is -2.36. The summed E-state index contributed by atoms with van der Waals surface area (Å²) in [6, 6.07) is 7.79. The minimum Gasteiger partial charge on any atom is -0.353 e. The normalized spacial score (nSPS) is 14.3. The average Bonchev–Trinajstić information content (AvgIpc) is 3.16. The summed E-state index contributed by atoms with van der Waals surface area (Å²) in [5.74, 6) is 1.81. The van der Waals surface area contributed by atoms with Crippen molar-refractivity contribution in [3.63, 3.8) is 0 Å². The van der Waals surface area contributed by atoms with Gasteiger partial charge in [-0.05, 0) is 34.1 Å². The molecule has 3 aromatic heterocycles. The van der Waals surface area contributed by atoms with Gasteiger partial charge in [0.1, 0.15) is 16.5 Å². The quantitative estimate of drug-likeness (QED) is 0.660. The molecular weight excluding hydrogens is 430 g/mol. The SMILES string of the molecule is O=C(Nc1nccc(N2CCN(c3ccccn3)CC2)n1)c1cnc(Br)s1. The van der Waals surface area contributed by atoms with Crippen molar-refractivity contribution < 1.29 is 4.79 Å². The molecule has 0 bridgehead atoms. The van der Waals surface area contributed by atoms with Gasteiger partial charge in [-0.2, -0.15) is 4.98 Å². The van der Waals surface area contributed by atoms with Crippen LogP contribution in [0.1, 0.15) is 9.67 Å². The van der Waals surface area contributed by atoms with Gasteiger partial charge >= 0.3 is 0 Å². The standard InChI is InChI=1S/C17H16BrN7OS/c18-16-21-11-12(27-16)15(26)23-17-20-6-4-14(22-17)25-9-7-24(8-10-25)13-3-1-2-5-19-13/h1-6,11H,7-10H2,(H,20,22,23,26). The Bertz CT molecular complexity index is 928. The van der Waals surface area contributed by atoms with Gasteiger partial charge in [0.15, 0.2) is 3.92 Å². The van der Waals surface area contributed by atoms with Gasteiger partial charge in [0.2, 0.25) is 5.95 Å². The molecule has 8 nitrogen and oxygen atoms in total. The number of anilines is 3. The molecule has 1 saturated heterocycles. The van der Waals surface area contributed by atoms with Crippen molar-refractivity contribution in [1.82, 2.24) is 19.9 Å². The van der Waals surface area contributed by atoms with Crippen LogP contribution < -0.4 is 15.1 Å². The molecule has 1 amide bonds. The molecule has 0 unspecified atom stereocenters. The van der Waals surface area contributed by atoms with E-state index < -0.39 is 0 Å². The van der Waals surface area contributed by atoms with Crippen molar-refractivity contribution in [2.24, 2.45) is 0 Å². The second-order valence-electron chi connectivity index (χ2n) is 5.83. The summed E-state index contributed by atoms with van der Waals surface area (Å²) in [5.41, 5.74) is 0. The first-order valence-electron chi connectivity index (χ1n) is 8.36. The number of carbonyl (C=O) groups excluding carboxylic acids is 1. The number of carbonyl (C=O) groups is 1. The summed E-state index contributed by atoms with van der Waals surface area (Å²) in [5, 5.41) is 2.73. The number of hydrogen-bond acceptors (Lipinski definition) is 8. The highest BCUT2D eigenvalue weighted by Crippen LogP contribution is 2.20. The van der Waals surface area contributed by atoms with E-state index in [0.29, 0.717) is 8.79 Å². The zero-order valence-electron chi connectivity index (χ0n) is 14.2. The van der Waals surface area contributed by atoms with E-state index in [1.165, 1.54) is 17.5 Å². The molecule has 0 atom stereocenters. The van der Waals surface area contributed by atoms with Crippen molar-refractivity contribution in [2.75, 3.05) is 41.3 Å². The van der Waals surface area contributed by atoms with Crippen LogP contribution >= 0.6 is 27.3 Å². The van der Waals surface area contributed by atoms with Gasteiger partial charge < -0.3 is 9.80 Å². The molecule has 3 aromatic rings. The maximum atomic E-state index is 12.2. The molecule has 0 aliphatic carbocycles. The van der Waals surface area contributed by atoms with Gasteiger partial charge in [0.05, 0.1) is 6.20 Å². The number of thiazole rings is 1. The first-order chi connectivity index (χ1) is 13.2. The highest BCUT2D eigenvalue weighted by atomic mass is 79.9. The monoisotopic (exact) mass is 445 g/mol. The third kappa shape index (κ3) is 4.22. The lowest BCUT2D eigenvalue weighted by atomic mass is 10.3. The molecule has 0 saturated carbocycles. The Hall–Kier alpha value is -2.59. The van der Waals surface area contributed by atoms with Crippen LogP contribution in [0.2, 0.25) is 0 Å². The lowest BCUT2D eigenvalue weighted by molar-refractivity contribution is 0.102. The Balaban J connectivity index is 1.40. The number of halogens is 1. The molecule has 1 fully saturated rings. The first kappa shape index (κ1) is 17.8. The molecule has 1 aliphatic heterocycles. The van der Waals surface area contributed by atoms with Crippen molar-refractivity contribution in [3.05, 3.63) is 51.7 Å². The van der Waals surface area contributed by atoms with E-state index in [2.05, 4.69) is 51.0 Å². The van der Waals surface area contributed by atoms with Crippen LogP contribution in [-0.2, 0) is 0 Å². The first-order valence-corrected chi connectivity index (χ1v) is 9.96. The van der Waals surface area contributed by atoms with Crippen LogP contribution in [0.15, 0.2) is 46.8 Å². The van der Waals surface area contributed by atoms with Crippen LogP contribution in [0, 0.1) is 0 Å². The fourth-order valence-corrected chi connectivity index (χ4v) is 3.97. The third-order valence-corrected chi connectivity index (χ3v) is 5.62. The maximum Gasteiger partial charge on any atom is 0.269 e. The summed E-state index contributed by atoms with van der Waals surface area (Å²) in [6.45, 7) is 3.36. The van der Waals surface area contributed by atoms with Gasteiger partial charge in [0.25, 0.3) is 5.91 Å². The molecule has 4 heterocycles. The van der Waals surface area contributed by atoms with Gasteiger partial charge in [0, 0.05) is 38.6 Å². The minimum atomic E-state index is -0.268. The topological polar surface area (TPSA) is 87.1 Å². The Kier molecular flexibility index (Phi) is 5.26. The fraction of sp³-hybridized carbons (Fsp3) is 0.235. The van der Waals surface area contributed by atoms with E-state index in [1.54, 1.807) is 6.20 Å². The van der Waals surface area contributed by atoms with E-state index in [1.807, 2.05) is 30.5 Å². The average molecular weight is 446 g/mol. The molecule has 27 heavy (non-hydrogen) atoms. The third-order valence-electron chi connectivity index (χ3n) is 4.14. The van der Waals surface area contributed by atoms with Crippen LogP contribution in [0.5, 0.6) is 0 Å². The molecule has 4 rings (SSSR count). The second kappa shape index (κ2) is 7.97. The highest BCUT2D eigenvalue weighted by Gasteiger charge is 2.20. The van der Waals surface area contributed by atoms with Crippen LogP contribution in [0.4, 0.5) is 17.6 Å². The zero-order chi connectivity index (χ0) is 18.6. The molecule has 1 aliphatic rings. The number of rotatable bonds is 4.